The molecule has 0 aliphatic carbocycles. The van der Waals surface area contributed by atoms with Crippen molar-refractivity contribution in [1.82, 2.24) is 10.2 Å². The van der Waals surface area contributed by atoms with Crippen LogP contribution >= 0.6 is 0 Å². The Hall–Kier alpha value is -0.0800. The lowest BCUT2D eigenvalue weighted by molar-refractivity contribution is 0.273. The van der Waals surface area contributed by atoms with Crippen LogP contribution in [0, 0.1) is 5.92 Å². The van der Waals surface area contributed by atoms with Crippen molar-refractivity contribution in [1.29, 1.82) is 0 Å². The van der Waals surface area contributed by atoms with Crippen LogP contribution in [-0.2, 0) is 0 Å². The zero-order valence-electron chi connectivity index (χ0n) is 13.4. The highest BCUT2D eigenvalue weighted by atomic mass is 15.1. The Balaban J connectivity index is 1.91. The summed E-state index contributed by atoms with van der Waals surface area (Å²) in [5.74, 6) is 1.01. The maximum absolute atomic E-state index is 3.48. The van der Waals surface area contributed by atoms with Crippen molar-refractivity contribution >= 4 is 0 Å². The van der Waals surface area contributed by atoms with Crippen LogP contribution in [0.25, 0.3) is 0 Å². The van der Waals surface area contributed by atoms with Crippen molar-refractivity contribution in [3.05, 3.63) is 0 Å². The Bertz CT molecular complexity index is 194. The SMILES string of the molecule is CCCNCCCCCCN1CCCC(CC)CC1. The molecule has 19 heavy (non-hydrogen) atoms. The normalized spacial score (nSPS) is 21.5. The highest BCUT2D eigenvalue weighted by Crippen LogP contribution is 2.20. The molecule has 1 rings (SSSR count). The molecule has 1 N–H and O–H groups in total. The number of hydrogen-bond donors (Lipinski definition) is 1. The summed E-state index contributed by atoms with van der Waals surface area (Å²) in [6.07, 6.45) is 12.6. The van der Waals surface area contributed by atoms with Crippen LogP contribution in [0.15, 0.2) is 0 Å². The highest BCUT2D eigenvalue weighted by Gasteiger charge is 2.14. The van der Waals surface area contributed by atoms with Gasteiger partial charge in [0.05, 0.1) is 0 Å². The van der Waals surface area contributed by atoms with Gasteiger partial charge in [0.25, 0.3) is 0 Å². The number of likely N-dealkylation sites (tertiary alicyclic amines) is 1. The van der Waals surface area contributed by atoms with Crippen LogP contribution in [0.2, 0.25) is 0 Å². The third-order valence-electron chi connectivity index (χ3n) is 4.52. The van der Waals surface area contributed by atoms with Crippen molar-refractivity contribution < 1.29 is 0 Å². The van der Waals surface area contributed by atoms with Crippen LogP contribution in [-0.4, -0.2) is 37.6 Å². The Morgan fingerprint density at radius 3 is 2.58 bits per heavy atom. The molecule has 114 valence electrons. The molecular formula is C17H36N2. The van der Waals surface area contributed by atoms with E-state index in [2.05, 4.69) is 24.1 Å². The average Bonchev–Trinajstić information content (AvgIpc) is 2.67. The molecule has 2 heteroatoms. The molecule has 0 bridgehead atoms. The molecule has 1 atom stereocenters. The molecule has 1 heterocycles. The fraction of sp³-hybridized carbons (Fsp3) is 1.00. The molecule has 1 saturated heterocycles. The molecule has 1 aliphatic rings. The van der Waals surface area contributed by atoms with Gasteiger partial charge in [0.2, 0.25) is 0 Å². The summed E-state index contributed by atoms with van der Waals surface area (Å²) >= 11 is 0. The molecule has 0 aromatic carbocycles. The fourth-order valence-corrected chi connectivity index (χ4v) is 3.10. The summed E-state index contributed by atoms with van der Waals surface area (Å²) in [4.78, 5) is 2.71. The first kappa shape index (κ1) is 17.0. The molecule has 1 fully saturated rings. The molecule has 2 nitrogen and oxygen atoms in total. The molecule has 1 unspecified atom stereocenters. The lowest BCUT2D eigenvalue weighted by Gasteiger charge is -2.19. The number of hydrogen-bond acceptors (Lipinski definition) is 2. The van der Waals surface area contributed by atoms with Crippen LogP contribution < -0.4 is 5.32 Å². The maximum Gasteiger partial charge on any atom is -0.00161 e. The largest absolute Gasteiger partial charge is 0.317 e. The number of unbranched alkanes of at least 4 members (excludes halogenated alkanes) is 3. The predicted molar refractivity (Wildman–Crippen MR) is 85.7 cm³/mol. The monoisotopic (exact) mass is 268 g/mol. The van der Waals surface area contributed by atoms with Crippen LogP contribution in [0.1, 0.15) is 71.6 Å². The Morgan fingerprint density at radius 2 is 1.79 bits per heavy atom. The molecule has 1 aliphatic heterocycles. The van der Waals surface area contributed by atoms with Gasteiger partial charge in [-0.1, -0.05) is 33.1 Å². The van der Waals surface area contributed by atoms with E-state index >= 15 is 0 Å². The summed E-state index contributed by atoms with van der Waals surface area (Å²) < 4.78 is 0. The van der Waals surface area contributed by atoms with E-state index in [0.717, 1.165) is 5.92 Å². The van der Waals surface area contributed by atoms with Crippen molar-refractivity contribution in [3.63, 3.8) is 0 Å². The van der Waals surface area contributed by atoms with Crippen molar-refractivity contribution in [2.24, 2.45) is 5.92 Å². The molecule has 0 saturated carbocycles. The molecule has 0 amide bonds. The third kappa shape index (κ3) is 8.65. The number of nitrogens with one attached hydrogen (secondary N) is 1. The van der Waals surface area contributed by atoms with Crippen molar-refractivity contribution in [2.45, 2.75) is 71.6 Å². The second-order valence-corrected chi connectivity index (χ2v) is 6.21. The minimum Gasteiger partial charge on any atom is -0.317 e. The molecular weight excluding hydrogens is 232 g/mol. The van der Waals surface area contributed by atoms with E-state index in [-0.39, 0.29) is 0 Å². The average molecular weight is 268 g/mol. The minimum atomic E-state index is 1.01. The minimum absolute atomic E-state index is 1.01. The number of nitrogens with zero attached hydrogens (tertiary/aromatic N) is 1. The van der Waals surface area contributed by atoms with Gasteiger partial charge in [-0.3, -0.25) is 0 Å². The van der Waals surface area contributed by atoms with Crippen LogP contribution in [0.4, 0.5) is 0 Å². The van der Waals surface area contributed by atoms with E-state index in [4.69, 9.17) is 0 Å². The topological polar surface area (TPSA) is 15.3 Å². The van der Waals surface area contributed by atoms with E-state index in [0.29, 0.717) is 0 Å². The molecule has 0 aromatic rings. The standard InChI is InChI=1S/C17H36N2/c1-3-12-18-13-7-5-6-8-14-19-15-9-10-17(4-2)11-16-19/h17-18H,3-16H2,1-2H3. The van der Waals surface area contributed by atoms with E-state index in [1.807, 2.05) is 0 Å². The number of rotatable bonds is 10. The van der Waals surface area contributed by atoms with Crippen LogP contribution in [0.5, 0.6) is 0 Å². The van der Waals surface area contributed by atoms with Gasteiger partial charge >= 0.3 is 0 Å². The first-order valence-electron chi connectivity index (χ1n) is 8.79. The second-order valence-electron chi connectivity index (χ2n) is 6.21. The van der Waals surface area contributed by atoms with Gasteiger partial charge in [-0.25, -0.2) is 0 Å². The molecule has 0 radical (unpaired) electrons. The fourth-order valence-electron chi connectivity index (χ4n) is 3.10. The second kappa shape index (κ2) is 11.7. The highest BCUT2D eigenvalue weighted by molar-refractivity contribution is 4.69. The summed E-state index contributed by atoms with van der Waals surface area (Å²) in [6.45, 7) is 11.1. The lowest BCUT2D eigenvalue weighted by Crippen LogP contribution is -2.26. The van der Waals surface area contributed by atoms with Gasteiger partial charge in [-0.2, -0.15) is 0 Å². The van der Waals surface area contributed by atoms with Gasteiger partial charge in [0.1, 0.15) is 0 Å². The van der Waals surface area contributed by atoms with Crippen molar-refractivity contribution in [3.8, 4) is 0 Å². The van der Waals surface area contributed by atoms with E-state index in [9.17, 15) is 0 Å². The first-order valence-corrected chi connectivity index (χ1v) is 8.79. The Labute approximate surface area is 121 Å². The Morgan fingerprint density at radius 1 is 0.947 bits per heavy atom. The van der Waals surface area contributed by atoms with Gasteiger partial charge in [-0.05, 0) is 77.2 Å². The van der Waals surface area contributed by atoms with E-state index in [1.165, 1.54) is 90.5 Å². The molecule has 0 aromatic heterocycles. The van der Waals surface area contributed by atoms with E-state index < -0.39 is 0 Å². The summed E-state index contributed by atoms with van der Waals surface area (Å²) in [5, 5.41) is 3.48. The lowest BCUT2D eigenvalue weighted by atomic mass is 9.98. The van der Waals surface area contributed by atoms with Gasteiger partial charge < -0.3 is 10.2 Å². The maximum atomic E-state index is 3.48. The van der Waals surface area contributed by atoms with Gasteiger partial charge in [0, 0.05) is 0 Å². The van der Waals surface area contributed by atoms with Crippen molar-refractivity contribution in [2.75, 3.05) is 32.7 Å². The smallest absolute Gasteiger partial charge is 0.00161 e. The quantitative estimate of drug-likeness (QED) is 0.601. The summed E-state index contributed by atoms with van der Waals surface area (Å²) in [6, 6.07) is 0. The summed E-state index contributed by atoms with van der Waals surface area (Å²) in [7, 11) is 0. The van der Waals surface area contributed by atoms with Gasteiger partial charge in [0.15, 0.2) is 0 Å². The Kier molecular flexibility index (Phi) is 10.5. The predicted octanol–water partition coefficient (Wildman–Crippen LogP) is 4.06. The summed E-state index contributed by atoms with van der Waals surface area (Å²) in [5.41, 5.74) is 0. The van der Waals surface area contributed by atoms with Gasteiger partial charge in [-0.15, -0.1) is 0 Å². The molecule has 0 spiro atoms. The third-order valence-corrected chi connectivity index (χ3v) is 4.52. The van der Waals surface area contributed by atoms with E-state index in [1.54, 1.807) is 0 Å². The zero-order valence-corrected chi connectivity index (χ0v) is 13.4. The first-order chi connectivity index (χ1) is 9.36. The van der Waals surface area contributed by atoms with Crippen LogP contribution in [0.3, 0.4) is 0 Å². The zero-order chi connectivity index (χ0) is 13.8.